The molecule has 0 N–H and O–H groups in total. The Bertz CT molecular complexity index is 829. The zero-order valence-corrected chi connectivity index (χ0v) is 16.6. The number of nitriles is 1. The minimum atomic E-state index is -3.42. The average Bonchev–Trinajstić information content (AvgIpc) is 2.75. The summed E-state index contributed by atoms with van der Waals surface area (Å²) in [5, 5.41) is 8.79. The molecule has 1 saturated carbocycles. The lowest BCUT2D eigenvalue weighted by Crippen LogP contribution is -2.22. The van der Waals surface area contributed by atoms with Gasteiger partial charge in [-0.1, -0.05) is 24.6 Å². The van der Waals surface area contributed by atoms with Gasteiger partial charge in [0.25, 0.3) is 0 Å². The molecule has 0 radical (unpaired) electrons. The quantitative estimate of drug-likeness (QED) is 0.346. The molecule has 0 unspecified atom stereocenters. The van der Waals surface area contributed by atoms with E-state index in [1.807, 2.05) is 24.3 Å². The fourth-order valence-corrected chi connectivity index (χ4v) is 4.09. The van der Waals surface area contributed by atoms with Crippen molar-refractivity contribution in [1.82, 2.24) is 0 Å². The van der Waals surface area contributed by atoms with E-state index < -0.39 is 6.11 Å². The van der Waals surface area contributed by atoms with Gasteiger partial charge in [-0.25, -0.2) is 0 Å². The average molecular weight is 395 g/mol. The summed E-state index contributed by atoms with van der Waals surface area (Å²) in [6, 6.07) is 14.2. The van der Waals surface area contributed by atoms with Gasteiger partial charge in [0, 0.05) is 0 Å². The van der Waals surface area contributed by atoms with E-state index in [1.165, 1.54) is 62.1 Å². The van der Waals surface area contributed by atoms with Crippen molar-refractivity contribution in [1.29, 1.82) is 5.26 Å². The van der Waals surface area contributed by atoms with Gasteiger partial charge in [-0.2, -0.15) is 14.0 Å². The molecule has 4 heteroatoms. The maximum Gasteiger partial charge on any atom is 0.426 e. The van der Waals surface area contributed by atoms with Gasteiger partial charge in [0.05, 0.1) is 17.2 Å². The van der Waals surface area contributed by atoms with E-state index in [4.69, 9.17) is 10.00 Å². The number of alkyl halides is 2. The summed E-state index contributed by atoms with van der Waals surface area (Å²) < 4.78 is 33.9. The van der Waals surface area contributed by atoms with E-state index in [0.717, 1.165) is 30.7 Å². The number of benzene rings is 2. The molecule has 0 aliphatic heterocycles. The van der Waals surface area contributed by atoms with Crippen LogP contribution in [0.3, 0.4) is 0 Å². The molecule has 152 valence electrons. The Morgan fingerprint density at radius 3 is 2.28 bits per heavy atom. The molecule has 0 saturated heterocycles. The fourth-order valence-electron chi connectivity index (χ4n) is 4.09. The maximum absolute atomic E-state index is 14.5. The fraction of sp³-hybridized carbons (Fsp3) is 0.400. The monoisotopic (exact) mass is 395 g/mol. The number of rotatable bonds is 8. The highest BCUT2D eigenvalue weighted by Gasteiger charge is 2.34. The van der Waals surface area contributed by atoms with E-state index in [1.54, 1.807) is 0 Å². The zero-order chi connectivity index (χ0) is 20.7. The lowest BCUT2D eigenvalue weighted by Gasteiger charge is -2.29. The number of nitrogens with zero attached hydrogens (tertiary/aromatic N) is 1. The lowest BCUT2D eigenvalue weighted by molar-refractivity contribution is -0.185. The van der Waals surface area contributed by atoms with Crippen molar-refractivity contribution in [2.24, 2.45) is 5.92 Å². The SMILES string of the molecule is C=CCCCC1CCC(c2ccc(C(F)(F)Oc3ccc(C#N)cc3)cc2)CC1. The van der Waals surface area contributed by atoms with Crippen LogP contribution in [0, 0.1) is 17.2 Å². The van der Waals surface area contributed by atoms with Gasteiger partial charge < -0.3 is 4.74 Å². The molecule has 0 atom stereocenters. The number of hydrogen-bond donors (Lipinski definition) is 0. The molecule has 0 aromatic heterocycles. The Morgan fingerprint density at radius 2 is 1.69 bits per heavy atom. The minimum absolute atomic E-state index is 0.0350. The van der Waals surface area contributed by atoms with Gasteiger partial charge in [-0.05, 0) is 92.3 Å². The van der Waals surface area contributed by atoms with Gasteiger partial charge >= 0.3 is 6.11 Å². The van der Waals surface area contributed by atoms with E-state index in [2.05, 4.69) is 6.58 Å². The number of hydrogen-bond acceptors (Lipinski definition) is 2. The number of unbranched alkanes of at least 4 members (excludes halogenated alkanes) is 1. The predicted octanol–water partition coefficient (Wildman–Crippen LogP) is 7.32. The van der Waals surface area contributed by atoms with Crippen molar-refractivity contribution >= 4 is 0 Å². The molecule has 3 rings (SSSR count). The first-order valence-electron chi connectivity index (χ1n) is 10.3. The van der Waals surface area contributed by atoms with Crippen LogP contribution in [0.5, 0.6) is 5.75 Å². The Hall–Kier alpha value is -2.67. The Morgan fingerprint density at radius 1 is 1.03 bits per heavy atom. The third-order valence-electron chi connectivity index (χ3n) is 5.81. The second kappa shape index (κ2) is 9.69. The van der Waals surface area contributed by atoms with Crippen molar-refractivity contribution in [2.75, 3.05) is 0 Å². The third kappa shape index (κ3) is 5.67. The van der Waals surface area contributed by atoms with Gasteiger partial charge in [0.15, 0.2) is 0 Å². The summed E-state index contributed by atoms with van der Waals surface area (Å²) in [6.45, 7) is 3.78. The van der Waals surface area contributed by atoms with Crippen molar-refractivity contribution in [3.63, 3.8) is 0 Å². The third-order valence-corrected chi connectivity index (χ3v) is 5.81. The van der Waals surface area contributed by atoms with Crippen LogP contribution in [0.2, 0.25) is 0 Å². The minimum Gasteiger partial charge on any atom is -0.429 e. The normalized spacial score (nSPS) is 19.3. The van der Waals surface area contributed by atoms with E-state index in [-0.39, 0.29) is 11.3 Å². The summed E-state index contributed by atoms with van der Waals surface area (Å²) >= 11 is 0. The van der Waals surface area contributed by atoms with E-state index in [0.29, 0.717) is 11.5 Å². The predicted molar refractivity (Wildman–Crippen MR) is 111 cm³/mol. The second-order valence-corrected chi connectivity index (χ2v) is 7.81. The molecular weight excluding hydrogens is 368 g/mol. The molecule has 2 aromatic carbocycles. The Balaban J connectivity index is 1.57. The molecule has 29 heavy (non-hydrogen) atoms. The summed E-state index contributed by atoms with van der Waals surface area (Å²) in [7, 11) is 0. The molecule has 0 heterocycles. The number of ether oxygens (including phenoxy) is 1. The lowest BCUT2D eigenvalue weighted by atomic mass is 9.77. The molecule has 1 aliphatic carbocycles. The number of halogens is 2. The standard InChI is InChI=1S/C25H27F2NO/c1-2-3-4-5-19-6-10-21(11-7-19)22-12-14-23(15-13-22)25(26,27)29-24-16-8-20(18-28)9-17-24/h2,8-9,12-17,19,21H,1,3-7,10-11H2. The molecule has 0 amide bonds. The van der Waals surface area contributed by atoms with Crippen LogP contribution in [0.25, 0.3) is 0 Å². The Kier molecular flexibility index (Phi) is 7.04. The van der Waals surface area contributed by atoms with Crippen molar-refractivity contribution in [2.45, 2.75) is 57.0 Å². The van der Waals surface area contributed by atoms with Gasteiger partial charge in [-0.3, -0.25) is 0 Å². The summed E-state index contributed by atoms with van der Waals surface area (Å²) in [6.07, 6.45) is 6.78. The first-order chi connectivity index (χ1) is 14.0. The highest BCUT2D eigenvalue weighted by molar-refractivity contribution is 5.35. The zero-order valence-electron chi connectivity index (χ0n) is 16.6. The van der Waals surface area contributed by atoms with Crippen LogP contribution in [-0.4, -0.2) is 0 Å². The molecule has 0 bridgehead atoms. The van der Waals surface area contributed by atoms with Crippen molar-refractivity contribution < 1.29 is 13.5 Å². The highest BCUT2D eigenvalue weighted by atomic mass is 19.3. The molecule has 1 fully saturated rings. The molecule has 1 aliphatic rings. The van der Waals surface area contributed by atoms with Gasteiger partial charge in [0.1, 0.15) is 5.75 Å². The topological polar surface area (TPSA) is 33.0 Å². The molecule has 2 aromatic rings. The first kappa shape index (κ1) is 21.0. The van der Waals surface area contributed by atoms with E-state index >= 15 is 0 Å². The van der Waals surface area contributed by atoms with Crippen LogP contribution >= 0.6 is 0 Å². The van der Waals surface area contributed by atoms with Crippen LogP contribution in [-0.2, 0) is 6.11 Å². The van der Waals surface area contributed by atoms with Gasteiger partial charge in [0.2, 0.25) is 0 Å². The smallest absolute Gasteiger partial charge is 0.426 e. The van der Waals surface area contributed by atoms with Crippen LogP contribution in [0.1, 0.15) is 67.6 Å². The van der Waals surface area contributed by atoms with E-state index in [9.17, 15) is 8.78 Å². The molecule has 0 spiro atoms. The maximum atomic E-state index is 14.5. The highest BCUT2D eigenvalue weighted by Crippen LogP contribution is 2.39. The summed E-state index contributed by atoms with van der Waals surface area (Å²) in [4.78, 5) is 0. The van der Waals surface area contributed by atoms with Crippen molar-refractivity contribution in [3.8, 4) is 11.8 Å². The molecule has 2 nitrogen and oxygen atoms in total. The van der Waals surface area contributed by atoms with Crippen LogP contribution in [0.15, 0.2) is 61.2 Å². The largest absolute Gasteiger partial charge is 0.429 e. The number of allylic oxidation sites excluding steroid dienone is 1. The molecular formula is C25H27F2NO. The Labute approximate surface area is 171 Å². The van der Waals surface area contributed by atoms with Crippen LogP contribution < -0.4 is 4.74 Å². The van der Waals surface area contributed by atoms with Crippen LogP contribution in [0.4, 0.5) is 8.78 Å². The summed E-state index contributed by atoms with van der Waals surface area (Å²) in [5.74, 6) is 1.27. The van der Waals surface area contributed by atoms with Crippen molar-refractivity contribution in [3.05, 3.63) is 77.9 Å². The summed E-state index contributed by atoms with van der Waals surface area (Å²) in [5.41, 5.74) is 1.37. The van der Waals surface area contributed by atoms with Gasteiger partial charge in [-0.15, -0.1) is 6.58 Å². The second-order valence-electron chi connectivity index (χ2n) is 7.81. The first-order valence-corrected chi connectivity index (χ1v) is 10.3.